The normalized spacial score (nSPS) is 48.4. The molecule has 1 aliphatic carbocycles. The van der Waals surface area contributed by atoms with Crippen molar-refractivity contribution in [1.82, 2.24) is 0 Å². The van der Waals surface area contributed by atoms with Crippen LogP contribution < -0.4 is 0 Å². The second-order valence-electron chi connectivity index (χ2n) is 8.03. The third kappa shape index (κ3) is 2.87. The Morgan fingerprint density at radius 1 is 1.12 bits per heavy atom. The van der Waals surface area contributed by atoms with Crippen LogP contribution in [-0.2, 0) is 19.2 Å². The van der Waals surface area contributed by atoms with Crippen LogP contribution in [0.25, 0.3) is 0 Å². The van der Waals surface area contributed by atoms with Crippen LogP contribution in [0.1, 0.15) is 59.3 Å². The molecule has 6 heteroatoms. The average Bonchev–Trinajstić information content (AvgIpc) is 2.68. The molecule has 138 valence electrons. The first kappa shape index (κ1) is 18.1. The Kier molecular flexibility index (Phi) is 5.21. The van der Waals surface area contributed by atoms with Crippen molar-refractivity contribution in [3.63, 3.8) is 0 Å². The van der Waals surface area contributed by atoms with Gasteiger partial charge in [0.05, 0.1) is 12.2 Å². The lowest BCUT2D eigenvalue weighted by Gasteiger charge is -2.58. The van der Waals surface area contributed by atoms with Gasteiger partial charge in [-0.05, 0) is 56.8 Å². The van der Waals surface area contributed by atoms with Crippen LogP contribution >= 0.6 is 0 Å². The van der Waals surface area contributed by atoms with E-state index in [1.165, 1.54) is 0 Å². The van der Waals surface area contributed by atoms with Crippen LogP contribution in [0.3, 0.4) is 0 Å². The van der Waals surface area contributed by atoms with E-state index in [9.17, 15) is 10.1 Å². The highest BCUT2D eigenvalue weighted by Gasteiger charge is 2.64. The Balaban J connectivity index is 1.93. The van der Waals surface area contributed by atoms with Gasteiger partial charge in [-0.15, -0.1) is 0 Å². The van der Waals surface area contributed by atoms with Gasteiger partial charge in [0, 0.05) is 12.3 Å². The number of carbonyl (C=O) groups is 1. The topological polar surface area (TPSA) is 85.2 Å². The predicted molar refractivity (Wildman–Crippen MR) is 86.3 cm³/mol. The third-order valence-corrected chi connectivity index (χ3v) is 6.71. The van der Waals surface area contributed by atoms with Crippen LogP contribution in [0.4, 0.5) is 0 Å². The summed E-state index contributed by atoms with van der Waals surface area (Å²) in [6, 6.07) is 0. The molecule has 6 nitrogen and oxygen atoms in total. The zero-order chi connectivity index (χ0) is 17.5. The zero-order valence-corrected chi connectivity index (χ0v) is 14.8. The highest BCUT2D eigenvalue weighted by atomic mass is 17.1. The minimum absolute atomic E-state index is 0.0361. The zero-order valence-electron chi connectivity index (χ0n) is 14.8. The molecule has 2 aliphatic heterocycles. The lowest BCUT2D eigenvalue weighted by Crippen LogP contribution is -2.67. The van der Waals surface area contributed by atoms with E-state index < -0.39 is 17.9 Å². The summed E-state index contributed by atoms with van der Waals surface area (Å²) in [5, 5.41) is 19.0. The number of rotatable bonds is 4. The lowest BCUT2D eigenvalue weighted by molar-refractivity contribution is -0.444. The summed E-state index contributed by atoms with van der Waals surface area (Å²) in [5.41, 5.74) is -0.832. The maximum atomic E-state index is 11.0. The van der Waals surface area contributed by atoms with E-state index in [0.717, 1.165) is 25.7 Å². The van der Waals surface area contributed by atoms with Crippen molar-refractivity contribution in [2.45, 2.75) is 83.4 Å². The van der Waals surface area contributed by atoms with Gasteiger partial charge in [-0.25, -0.2) is 4.89 Å². The average molecular weight is 342 g/mol. The molecule has 3 rings (SSSR count). The van der Waals surface area contributed by atoms with E-state index in [1.54, 1.807) is 0 Å². The lowest BCUT2D eigenvalue weighted by atomic mass is 9.57. The number of carboxylic acids is 1. The first-order chi connectivity index (χ1) is 11.4. The summed E-state index contributed by atoms with van der Waals surface area (Å²) >= 11 is 0. The molecule has 0 amide bonds. The Morgan fingerprint density at radius 2 is 1.83 bits per heavy atom. The fraction of sp³-hybridized carbons (Fsp3) is 0.944. The van der Waals surface area contributed by atoms with Crippen LogP contribution in [0, 0.1) is 23.7 Å². The Morgan fingerprint density at radius 3 is 2.50 bits per heavy atom. The fourth-order valence-corrected chi connectivity index (χ4v) is 5.38. The molecular formula is C18H30O6. The summed E-state index contributed by atoms with van der Waals surface area (Å²) in [5.74, 6) is 0.0629. The standard InChI is InChI=1S/C18H30O6/c1-10-4-6-14-12(3)15(8-9-16(19)20)23-17-18(14,24-21)13(10)7-5-11(2)22-17/h10-15,17,21H,4-9H2,1-3H3,(H,19,20)/t10-,11+,12-,13+,14+,15-,17+,18-/m1/s1. The maximum absolute atomic E-state index is 11.0. The van der Waals surface area contributed by atoms with Crippen LogP contribution in [0.5, 0.6) is 0 Å². The van der Waals surface area contributed by atoms with Crippen molar-refractivity contribution >= 4 is 5.97 Å². The van der Waals surface area contributed by atoms with Crippen molar-refractivity contribution in [1.29, 1.82) is 0 Å². The monoisotopic (exact) mass is 342 g/mol. The van der Waals surface area contributed by atoms with E-state index in [0.29, 0.717) is 12.3 Å². The van der Waals surface area contributed by atoms with Gasteiger partial charge in [0.2, 0.25) is 0 Å². The van der Waals surface area contributed by atoms with E-state index >= 15 is 0 Å². The SMILES string of the molecule is C[C@H]1[C@@H](CCC(=O)O)O[C@@H]2O[C@@H](C)CC[C@H]3[C@H](C)CC[C@@H]1[C@@]23OO. The summed E-state index contributed by atoms with van der Waals surface area (Å²) in [6.45, 7) is 6.33. The summed E-state index contributed by atoms with van der Waals surface area (Å²) in [6.07, 6.45) is 3.67. The van der Waals surface area contributed by atoms with Gasteiger partial charge < -0.3 is 14.6 Å². The largest absolute Gasteiger partial charge is 0.481 e. The van der Waals surface area contributed by atoms with Gasteiger partial charge in [0.15, 0.2) is 11.9 Å². The highest BCUT2D eigenvalue weighted by molar-refractivity contribution is 5.66. The van der Waals surface area contributed by atoms with E-state index in [4.69, 9.17) is 19.5 Å². The molecule has 0 radical (unpaired) electrons. The molecular weight excluding hydrogens is 312 g/mol. The molecule has 2 saturated heterocycles. The van der Waals surface area contributed by atoms with E-state index in [-0.39, 0.29) is 36.4 Å². The molecule has 0 spiro atoms. The van der Waals surface area contributed by atoms with Crippen LogP contribution in [0.2, 0.25) is 0 Å². The molecule has 0 aromatic rings. The smallest absolute Gasteiger partial charge is 0.303 e. The number of carboxylic acid groups (broad SMARTS) is 1. The van der Waals surface area contributed by atoms with Crippen molar-refractivity contribution in [3.05, 3.63) is 0 Å². The molecule has 0 unspecified atom stereocenters. The van der Waals surface area contributed by atoms with Gasteiger partial charge in [-0.3, -0.25) is 10.1 Å². The van der Waals surface area contributed by atoms with Gasteiger partial charge >= 0.3 is 5.97 Å². The number of hydrogen-bond acceptors (Lipinski definition) is 5. The first-order valence-corrected chi connectivity index (χ1v) is 9.25. The minimum Gasteiger partial charge on any atom is -0.481 e. The van der Waals surface area contributed by atoms with E-state index in [2.05, 4.69) is 13.8 Å². The molecule has 2 N–H and O–H groups in total. The van der Waals surface area contributed by atoms with Crippen molar-refractivity contribution in [3.8, 4) is 0 Å². The number of hydrogen-bond donors (Lipinski definition) is 2. The minimum atomic E-state index is -0.832. The quantitative estimate of drug-likeness (QED) is 0.602. The molecule has 3 aliphatic rings. The molecule has 2 heterocycles. The predicted octanol–water partition coefficient (Wildman–Crippen LogP) is 3.30. The second-order valence-corrected chi connectivity index (χ2v) is 8.03. The Labute approximate surface area is 143 Å². The fourth-order valence-electron chi connectivity index (χ4n) is 5.38. The number of aliphatic carboxylic acids is 1. The maximum Gasteiger partial charge on any atom is 0.303 e. The third-order valence-electron chi connectivity index (χ3n) is 6.71. The van der Waals surface area contributed by atoms with Crippen LogP contribution in [-0.4, -0.2) is 40.4 Å². The van der Waals surface area contributed by atoms with Gasteiger partial charge in [-0.1, -0.05) is 13.8 Å². The molecule has 1 saturated carbocycles. The van der Waals surface area contributed by atoms with Crippen LogP contribution in [0.15, 0.2) is 0 Å². The summed E-state index contributed by atoms with van der Waals surface area (Å²) in [4.78, 5) is 16.2. The number of ether oxygens (including phenoxy) is 2. The molecule has 3 fully saturated rings. The Bertz CT molecular complexity index is 468. The van der Waals surface area contributed by atoms with Gasteiger partial charge in [0.25, 0.3) is 0 Å². The molecule has 8 atom stereocenters. The van der Waals surface area contributed by atoms with Gasteiger partial charge in [-0.2, -0.15) is 0 Å². The van der Waals surface area contributed by atoms with Crippen molar-refractivity contribution in [2.75, 3.05) is 0 Å². The molecule has 0 bridgehead atoms. The molecule has 24 heavy (non-hydrogen) atoms. The second kappa shape index (κ2) is 6.90. The summed E-state index contributed by atoms with van der Waals surface area (Å²) < 4.78 is 12.3. The van der Waals surface area contributed by atoms with Gasteiger partial charge in [0.1, 0.15) is 0 Å². The molecule has 0 aromatic heterocycles. The molecule has 0 aromatic carbocycles. The Hall–Kier alpha value is -0.690. The highest BCUT2D eigenvalue weighted by Crippen LogP contribution is 2.56. The van der Waals surface area contributed by atoms with Crippen molar-refractivity contribution < 1.29 is 29.5 Å². The van der Waals surface area contributed by atoms with E-state index in [1.807, 2.05) is 6.92 Å². The first-order valence-electron chi connectivity index (χ1n) is 9.25. The van der Waals surface area contributed by atoms with Crippen molar-refractivity contribution in [2.24, 2.45) is 23.7 Å². The summed E-state index contributed by atoms with van der Waals surface area (Å²) in [7, 11) is 0.